The lowest BCUT2D eigenvalue weighted by Gasteiger charge is -2.30. The molecule has 2 amide bonds. The number of fused-ring (bicyclic) bond motifs is 1. The first-order chi connectivity index (χ1) is 17.9. The highest BCUT2D eigenvalue weighted by Crippen LogP contribution is 2.41. The van der Waals surface area contributed by atoms with E-state index in [2.05, 4.69) is 13.0 Å². The van der Waals surface area contributed by atoms with E-state index in [-0.39, 0.29) is 30.3 Å². The van der Waals surface area contributed by atoms with Crippen molar-refractivity contribution in [1.29, 1.82) is 0 Å². The van der Waals surface area contributed by atoms with Crippen LogP contribution in [0, 0.1) is 5.92 Å². The summed E-state index contributed by atoms with van der Waals surface area (Å²) in [6.45, 7) is 7.49. The van der Waals surface area contributed by atoms with Gasteiger partial charge in [0.15, 0.2) is 0 Å². The van der Waals surface area contributed by atoms with Gasteiger partial charge in [-0.1, -0.05) is 32.4 Å². The van der Waals surface area contributed by atoms with Gasteiger partial charge in [0.2, 0.25) is 5.91 Å². The fourth-order valence-corrected chi connectivity index (χ4v) is 5.87. The summed E-state index contributed by atoms with van der Waals surface area (Å²) in [6.07, 6.45) is 5.32. The van der Waals surface area contributed by atoms with Crippen molar-refractivity contribution in [2.75, 3.05) is 45.9 Å². The number of carbonyl (C=O) groups is 3. The molecule has 0 aliphatic carbocycles. The SMILES string of the molecule is CCCCN(OCCC)C(=O)CN1C[C@H](c2ccc3c(c2)CCO3)C(C(=O)O)[C@@H]1CCN1CCCC1=O. The van der Waals surface area contributed by atoms with Gasteiger partial charge in [-0.25, -0.2) is 5.06 Å². The molecule has 37 heavy (non-hydrogen) atoms. The number of ether oxygens (including phenoxy) is 1. The maximum absolute atomic E-state index is 13.4. The molecule has 9 heteroatoms. The predicted octanol–water partition coefficient (Wildman–Crippen LogP) is 3.07. The predicted molar refractivity (Wildman–Crippen MR) is 138 cm³/mol. The molecule has 2 saturated heterocycles. The van der Waals surface area contributed by atoms with Crippen LogP contribution >= 0.6 is 0 Å². The average Bonchev–Trinajstić information content (AvgIpc) is 3.60. The van der Waals surface area contributed by atoms with Crippen LogP contribution in [0.1, 0.15) is 69.4 Å². The van der Waals surface area contributed by atoms with E-state index in [1.165, 1.54) is 5.06 Å². The van der Waals surface area contributed by atoms with Crippen molar-refractivity contribution in [3.8, 4) is 5.75 Å². The van der Waals surface area contributed by atoms with Gasteiger partial charge in [0.05, 0.1) is 25.7 Å². The Morgan fingerprint density at radius 3 is 2.76 bits per heavy atom. The molecular formula is C28H41N3O6. The molecule has 0 bridgehead atoms. The zero-order valence-electron chi connectivity index (χ0n) is 22.2. The van der Waals surface area contributed by atoms with E-state index < -0.39 is 11.9 Å². The Labute approximate surface area is 219 Å². The molecule has 1 aromatic carbocycles. The molecule has 1 N–H and O–H groups in total. The van der Waals surface area contributed by atoms with Gasteiger partial charge in [-0.05, 0) is 42.9 Å². The van der Waals surface area contributed by atoms with Gasteiger partial charge >= 0.3 is 5.97 Å². The number of hydroxylamine groups is 2. The van der Waals surface area contributed by atoms with Crippen LogP contribution in [0.3, 0.4) is 0 Å². The number of nitrogens with zero attached hydrogens (tertiary/aromatic N) is 3. The maximum atomic E-state index is 13.4. The molecule has 0 spiro atoms. The van der Waals surface area contributed by atoms with Crippen molar-refractivity contribution >= 4 is 17.8 Å². The Hall–Kier alpha value is -2.65. The van der Waals surface area contributed by atoms with Crippen molar-refractivity contribution in [1.82, 2.24) is 14.9 Å². The smallest absolute Gasteiger partial charge is 0.308 e. The van der Waals surface area contributed by atoms with E-state index in [0.29, 0.717) is 52.2 Å². The fraction of sp³-hybridized carbons (Fsp3) is 0.679. The number of hydrogen-bond acceptors (Lipinski definition) is 6. The van der Waals surface area contributed by atoms with Gasteiger partial charge in [0, 0.05) is 51.0 Å². The summed E-state index contributed by atoms with van der Waals surface area (Å²) in [5.41, 5.74) is 2.08. The van der Waals surface area contributed by atoms with E-state index in [1.54, 1.807) is 0 Å². The zero-order chi connectivity index (χ0) is 26.4. The number of likely N-dealkylation sites (tertiary alicyclic amines) is 2. The van der Waals surface area contributed by atoms with Gasteiger partial charge in [-0.3, -0.25) is 24.1 Å². The third-order valence-electron chi connectivity index (χ3n) is 7.82. The number of carbonyl (C=O) groups excluding carboxylic acids is 2. The quantitative estimate of drug-likeness (QED) is 0.403. The van der Waals surface area contributed by atoms with E-state index in [9.17, 15) is 19.5 Å². The van der Waals surface area contributed by atoms with Crippen LogP contribution in [-0.2, 0) is 25.6 Å². The van der Waals surface area contributed by atoms with Crippen molar-refractivity contribution < 1.29 is 29.1 Å². The van der Waals surface area contributed by atoms with E-state index in [1.807, 2.05) is 28.9 Å². The molecule has 0 radical (unpaired) electrons. The summed E-state index contributed by atoms with van der Waals surface area (Å²) in [6, 6.07) is 5.62. The Kier molecular flexibility index (Phi) is 9.43. The first-order valence-corrected chi connectivity index (χ1v) is 13.9. The first kappa shape index (κ1) is 27.4. The highest BCUT2D eigenvalue weighted by molar-refractivity contribution is 5.79. The largest absolute Gasteiger partial charge is 0.493 e. The van der Waals surface area contributed by atoms with Crippen molar-refractivity contribution in [2.24, 2.45) is 5.92 Å². The first-order valence-electron chi connectivity index (χ1n) is 13.9. The lowest BCUT2D eigenvalue weighted by Crippen LogP contribution is -2.45. The summed E-state index contributed by atoms with van der Waals surface area (Å²) in [4.78, 5) is 47.9. The Bertz CT molecular complexity index is 961. The summed E-state index contributed by atoms with van der Waals surface area (Å²) < 4.78 is 5.65. The highest BCUT2D eigenvalue weighted by Gasteiger charge is 2.47. The molecule has 0 aromatic heterocycles. The number of hydrogen-bond donors (Lipinski definition) is 1. The molecule has 9 nitrogen and oxygen atoms in total. The number of rotatable bonds is 13. The highest BCUT2D eigenvalue weighted by atomic mass is 16.7. The molecule has 1 aromatic rings. The molecule has 3 heterocycles. The second-order valence-corrected chi connectivity index (χ2v) is 10.4. The number of carboxylic acids is 1. The number of carboxylic acid groups (broad SMARTS) is 1. The van der Waals surface area contributed by atoms with Crippen molar-refractivity contribution in [2.45, 2.75) is 70.8 Å². The number of aliphatic carboxylic acids is 1. The molecule has 1 unspecified atom stereocenters. The number of unbranched alkanes of at least 4 members (excludes halogenated alkanes) is 1. The van der Waals surface area contributed by atoms with Gasteiger partial charge < -0.3 is 14.7 Å². The Balaban J connectivity index is 1.57. The standard InChI is InChI=1S/C28H41N3O6/c1-3-5-13-31(37-15-4-2)26(33)19-30-18-22(20-8-9-24-21(17-20)11-16-36-24)27(28(34)35)23(30)10-14-29-12-6-7-25(29)32/h8-9,17,22-23,27H,3-7,10-16,18-19H2,1-2H3,(H,34,35)/t22-,23+,27?/m1/s1. The minimum atomic E-state index is -0.862. The minimum absolute atomic E-state index is 0.0976. The molecular weight excluding hydrogens is 474 g/mol. The van der Waals surface area contributed by atoms with Crippen LogP contribution in [0.5, 0.6) is 5.75 Å². The van der Waals surface area contributed by atoms with Crippen LogP contribution in [0.2, 0.25) is 0 Å². The lowest BCUT2D eigenvalue weighted by atomic mass is 9.83. The summed E-state index contributed by atoms with van der Waals surface area (Å²) in [5, 5.41) is 11.9. The lowest BCUT2D eigenvalue weighted by molar-refractivity contribution is -0.188. The van der Waals surface area contributed by atoms with Gasteiger partial charge in [0.25, 0.3) is 5.91 Å². The normalized spacial score (nSPS) is 23.4. The van der Waals surface area contributed by atoms with E-state index in [4.69, 9.17) is 9.57 Å². The third-order valence-corrected chi connectivity index (χ3v) is 7.82. The summed E-state index contributed by atoms with van der Waals surface area (Å²) in [5.74, 6) is -0.941. The second kappa shape index (κ2) is 12.7. The van der Waals surface area contributed by atoms with Crippen molar-refractivity contribution in [3.63, 3.8) is 0 Å². The van der Waals surface area contributed by atoms with Crippen LogP contribution in [0.15, 0.2) is 18.2 Å². The topological polar surface area (TPSA) is 99.6 Å². The molecule has 2 fully saturated rings. The van der Waals surface area contributed by atoms with E-state index >= 15 is 0 Å². The van der Waals surface area contributed by atoms with Crippen LogP contribution in [0.4, 0.5) is 0 Å². The minimum Gasteiger partial charge on any atom is -0.493 e. The van der Waals surface area contributed by atoms with Gasteiger partial charge in [0.1, 0.15) is 5.75 Å². The Morgan fingerprint density at radius 1 is 1.22 bits per heavy atom. The molecule has 4 rings (SSSR count). The van der Waals surface area contributed by atoms with Crippen LogP contribution in [0.25, 0.3) is 0 Å². The molecule has 3 aliphatic heterocycles. The molecule has 3 atom stereocenters. The second-order valence-electron chi connectivity index (χ2n) is 10.4. The Morgan fingerprint density at radius 2 is 2.05 bits per heavy atom. The molecule has 204 valence electrons. The maximum Gasteiger partial charge on any atom is 0.308 e. The number of benzene rings is 1. The molecule has 0 saturated carbocycles. The summed E-state index contributed by atoms with van der Waals surface area (Å²) in [7, 11) is 0. The number of amides is 2. The molecule has 3 aliphatic rings. The van der Waals surface area contributed by atoms with Gasteiger partial charge in [-0.15, -0.1) is 0 Å². The van der Waals surface area contributed by atoms with Crippen LogP contribution < -0.4 is 4.74 Å². The fourth-order valence-electron chi connectivity index (χ4n) is 5.87. The zero-order valence-corrected chi connectivity index (χ0v) is 22.2. The summed E-state index contributed by atoms with van der Waals surface area (Å²) >= 11 is 0. The van der Waals surface area contributed by atoms with Crippen molar-refractivity contribution in [3.05, 3.63) is 29.3 Å². The van der Waals surface area contributed by atoms with Crippen LogP contribution in [-0.4, -0.2) is 89.7 Å². The van der Waals surface area contributed by atoms with Gasteiger partial charge in [-0.2, -0.15) is 0 Å². The third kappa shape index (κ3) is 6.44. The monoisotopic (exact) mass is 515 g/mol. The van der Waals surface area contributed by atoms with E-state index in [0.717, 1.165) is 49.0 Å². The average molecular weight is 516 g/mol.